The average Bonchev–Trinajstić information content (AvgIpc) is 2.60. The van der Waals surface area contributed by atoms with Crippen LogP contribution in [0, 0.1) is 13.8 Å². The molecule has 2 rings (SSSR count). The second kappa shape index (κ2) is 9.48. The number of carbonyl (C=O) groups is 2. The monoisotopic (exact) mass is 403 g/mol. The number of carbonyl (C=O) groups excluding carboxylic acids is 2. The third kappa shape index (κ3) is 6.05. The van der Waals surface area contributed by atoms with Crippen molar-refractivity contribution >= 4 is 52.1 Å². The van der Waals surface area contributed by atoms with Gasteiger partial charge in [0.1, 0.15) is 0 Å². The third-order valence-corrected chi connectivity index (χ3v) is 4.51. The number of rotatable bonds is 5. The van der Waals surface area contributed by atoms with E-state index in [1.54, 1.807) is 24.3 Å². The third-order valence-electron chi connectivity index (χ3n) is 3.97. The summed E-state index contributed by atoms with van der Waals surface area (Å²) in [6, 6.07) is 10.5. The van der Waals surface area contributed by atoms with Crippen LogP contribution < -0.4 is 16.0 Å². The predicted molar refractivity (Wildman–Crippen MR) is 115 cm³/mol. The number of thiocarbonyl (C=S) groups is 1. The first-order valence-electron chi connectivity index (χ1n) is 8.59. The Morgan fingerprint density at radius 2 is 1.78 bits per heavy atom. The Hall–Kier alpha value is -2.44. The van der Waals surface area contributed by atoms with Gasteiger partial charge in [0.2, 0.25) is 5.91 Å². The van der Waals surface area contributed by atoms with Crippen molar-refractivity contribution in [2.24, 2.45) is 0 Å². The molecule has 2 aromatic rings. The molecule has 0 aliphatic heterocycles. The molecule has 0 atom stereocenters. The van der Waals surface area contributed by atoms with Crippen LogP contribution in [0.4, 0.5) is 11.4 Å². The van der Waals surface area contributed by atoms with Gasteiger partial charge in [0.05, 0.1) is 10.7 Å². The number of hydrogen-bond acceptors (Lipinski definition) is 3. The Balaban J connectivity index is 2.05. The van der Waals surface area contributed by atoms with E-state index in [1.807, 2.05) is 32.9 Å². The van der Waals surface area contributed by atoms with Gasteiger partial charge in [-0.25, -0.2) is 0 Å². The van der Waals surface area contributed by atoms with Gasteiger partial charge in [-0.3, -0.25) is 14.9 Å². The second-order valence-electron chi connectivity index (χ2n) is 6.20. The Kier molecular flexibility index (Phi) is 7.33. The maximum absolute atomic E-state index is 12.3. The fourth-order valence-electron chi connectivity index (χ4n) is 2.36. The number of hydrogen-bond donors (Lipinski definition) is 3. The van der Waals surface area contributed by atoms with Gasteiger partial charge in [-0.05, 0) is 73.9 Å². The van der Waals surface area contributed by atoms with E-state index < -0.39 is 0 Å². The highest BCUT2D eigenvalue weighted by atomic mass is 35.5. The van der Waals surface area contributed by atoms with Crippen molar-refractivity contribution in [1.82, 2.24) is 5.32 Å². The van der Waals surface area contributed by atoms with Gasteiger partial charge in [0.15, 0.2) is 5.11 Å². The average molecular weight is 404 g/mol. The highest BCUT2D eigenvalue weighted by molar-refractivity contribution is 7.80. The molecule has 0 spiro atoms. The molecule has 0 fully saturated rings. The lowest BCUT2D eigenvalue weighted by Gasteiger charge is -2.13. The highest BCUT2D eigenvalue weighted by Gasteiger charge is 2.11. The molecule has 0 radical (unpaired) electrons. The van der Waals surface area contributed by atoms with Crippen molar-refractivity contribution in [2.75, 3.05) is 10.6 Å². The van der Waals surface area contributed by atoms with Crippen molar-refractivity contribution in [2.45, 2.75) is 33.6 Å². The van der Waals surface area contributed by atoms with Crippen LogP contribution in [0.2, 0.25) is 5.02 Å². The highest BCUT2D eigenvalue weighted by Crippen LogP contribution is 2.25. The first-order chi connectivity index (χ1) is 12.8. The summed E-state index contributed by atoms with van der Waals surface area (Å²) in [5.74, 6) is -0.379. The lowest BCUT2D eigenvalue weighted by molar-refractivity contribution is -0.116. The van der Waals surface area contributed by atoms with Crippen molar-refractivity contribution in [3.8, 4) is 0 Å². The molecule has 2 amide bonds. The van der Waals surface area contributed by atoms with Gasteiger partial charge < -0.3 is 10.6 Å². The van der Waals surface area contributed by atoms with E-state index in [0.717, 1.165) is 17.5 Å². The van der Waals surface area contributed by atoms with Crippen molar-refractivity contribution in [1.29, 1.82) is 0 Å². The zero-order valence-electron chi connectivity index (χ0n) is 15.5. The van der Waals surface area contributed by atoms with E-state index in [-0.39, 0.29) is 16.9 Å². The quantitative estimate of drug-likeness (QED) is 0.626. The number of benzene rings is 2. The summed E-state index contributed by atoms with van der Waals surface area (Å²) in [6.07, 6.45) is 1.20. The molecule has 2 aromatic carbocycles. The van der Waals surface area contributed by atoms with E-state index in [9.17, 15) is 9.59 Å². The Labute approximate surface area is 169 Å². The van der Waals surface area contributed by atoms with E-state index in [1.165, 1.54) is 0 Å². The molecule has 27 heavy (non-hydrogen) atoms. The smallest absolute Gasteiger partial charge is 0.257 e. The van der Waals surface area contributed by atoms with Crippen molar-refractivity contribution in [3.05, 3.63) is 58.1 Å². The second-order valence-corrected chi connectivity index (χ2v) is 7.02. The van der Waals surface area contributed by atoms with Crippen molar-refractivity contribution < 1.29 is 9.59 Å². The lowest BCUT2D eigenvalue weighted by atomic mass is 10.1. The number of amides is 2. The van der Waals surface area contributed by atoms with Crippen LogP contribution in [0.1, 0.15) is 41.3 Å². The van der Waals surface area contributed by atoms with Crippen LogP contribution in [0.3, 0.4) is 0 Å². The van der Waals surface area contributed by atoms with Crippen LogP contribution in [0.25, 0.3) is 0 Å². The van der Waals surface area contributed by atoms with Gasteiger partial charge in [-0.2, -0.15) is 0 Å². The van der Waals surface area contributed by atoms with Crippen LogP contribution in [-0.2, 0) is 4.79 Å². The molecule has 7 heteroatoms. The summed E-state index contributed by atoms with van der Waals surface area (Å²) in [6.45, 7) is 5.86. The fourth-order valence-corrected chi connectivity index (χ4v) is 2.73. The number of halogens is 1. The number of nitrogens with one attached hydrogen (secondary N) is 3. The van der Waals surface area contributed by atoms with Crippen LogP contribution in [-0.4, -0.2) is 16.9 Å². The molecule has 5 nitrogen and oxygen atoms in total. The van der Waals surface area contributed by atoms with Gasteiger partial charge >= 0.3 is 0 Å². The normalized spacial score (nSPS) is 10.2. The van der Waals surface area contributed by atoms with E-state index in [2.05, 4.69) is 16.0 Å². The molecular weight excluding hydrogens is 382 g/mol. The van der Waals surface area contributed by atoms with Crippen LogP contribution >= 0.6 is 23.8 Å². The minimum absolute atomic E-state index is 0.0728. The standard InChI is InChI=1S/C20H22ClN3O2S/c1-4-5-18(25)22-15-8-9-16(21)17(11-15)23-20(27)24-19(26)14-7-6-12(2)13(3)10-14/h6-11H,4-5H2,1-3H3,(H,22,25)(H2,23,24,26,27). The minimum Gasteiger partial charge on any atom is -0.331 e. The van der Waals surface area contributed by atoms with Crippen LogP contribution in [0.15, 0.2) is 36.4 Å². The van der Waals surface area contributed by atoms with Gasteiger partial charge in [-0.15, -0.1) is 0 Å². The molecule has 3 N–H and O–H groups in total. The van der Waals surface area contributed by atoms with E-state index >= 15 is 0 Å². The Bertz CT molecular complexity index is 884. The summed E-state index contributed by atoms with van der Waals surface area (Å²) in [4.78, 5) is 24.1. The van der Waals surface area contributed by atoms with E-state index in [4.69, 9.17) is 23.8 Å². The molecule has 0 unspecified atom stereocenters. The number of anilines is 2. The maximum Gasteiger partial charge on any atom is 0.257 e. The fraction of sp³-hybridized carbons (Fsp3) is 0.250. The predicted octanol–water partition coefficient (Wildman–Crippen LogP) is 4.82. The van der Waals surface area contributed by atoms with Gasteiger partial charge in [0.25, 0.3) is 5.91 Å². The molecule has 142 valence electrons. The minimum atomic E-state index is -0.306. The molecule has 0 aromatic heterocycles. The summed E-state index contributed by atoms with van der Waals surface area (Å²) >= 11 is 11.4. The number of aryl methyl sites for hydroxylation is 2. The molecule has 0 bridgehead atoms. The first kappa shape index (κ1) is 20.9. The summed E-state index contributed by atoms with van der Waals surface area (Å²) in [5, 5.41) is 8.87. The topological polar surface area (TPSA) is 70.2 Å². The van der Waals surface area contributed by atoms with Crippen molar-refractivity contribution in [3.63, 3.8) is 0 Å². The summed E-state index contributed by atoms with van der Waals surface area (Å²) in [5.41, 5.74) is 3.76. The Morgan fingerprint density at radius 3 is 2.44 bits per heavy atom. The first-order valence-corrected chi connectivity index (χ1v) is 9.37. The van der Waals surface area contributed by atoms with Gasteiger partial charge in [-0.1, -0.05) is 24.6 Å². The SMILES string of the molecule is CCCC(=O)Nc1ccc(Cl)c(NC(=S)NC(=O)c2ccc(C)c(C)c2)c1. The molecular formula is C20H22ClN3O2S. The molecule has 0 aliphatic carbocycles. The molecule has 0 saturated carbocycles. The Morgan fingerprint density at radius 1 is 1.04 bits per heavy atom. The molecule has 0 aliphatic rings. The van der Waals surface area contributed by atoms with Crippen LogP contribution in [0.5, 0.6) is 0 Å². The largest absolute Gasteiger partial charge is 0.331 e. The lowest BCUT2D eigenvalue weighted by Crippen LogP contribution is -2.34. The zero-order chi connectivity index (χ0) is 20.0. The molecule has 0 heterocycles. The molecule has 0 saturated heterocycles. The summed E-state index contributed by atoms with van der Waals surface area (Å²) in [7, 11) is 0. The van der Waals surface area contributed by atoms with Gasteiger partial charge in [0, 0.05) is 17.7 Å². The summed E-state index contributed by atoms with van der Waals surface area (Å²) < 4.78 is 0. The van der Waals surface area contributed by atoms with E-state index in [0.29, 0.717) is 28.4 Å². The zero-order valence-corrected chi connectivity index (χ0v) is 17.1. The maximum atomic E-state index is 12.3.